The van der Waals surface area contributed by atoms with E-state index in [1.807, 2.05) is 30.3 Å². The SMILES string of the molecule is C[C@H]1NC(=O)C(CCc2ccccc2)NC(=O)CCC[C@H]2[C@@H]3C[C@@H](CN(C4CCSCC4)C3)CN2C1=O.O=CO. The number of carboxylic acid groups (broad SMARTS) is 1. The van der Waals surface area contributed by atoms with Gasteiger partial charge in [-0.1, -0.05) is 30.3 Å². The summed E-state index contributed by atoms with van der Waals surface area (Å²) >= 11 is 2.07. The lowest BCUT2D eigenvalue weighted by Gasteiger charge is -2.53. The molecule has 5 rings (SSSR count). The number of hydrogen-bond acceptors (Lipinski definition) is 6. The smallest absolute Gasteiger partial charge is 0.290 e. The van der Waals surface area contributed by atoms with Gasteiger partial charge in [-0.25, -0.2) is 0 Å². The van der Waals surface area contributed by atoms with Crippen molar-refractivity contribution in [1.82, 2.24) is 20.4 Å². The second-order valence-corrected chi connectivity index (χ2v) is 12.8. The van der Waals surface area contributed by atoms with Crippen LogP contribution in [0.2, 0.25) is 0 Å². The van der Waals surface area contributed by atoms with E-state index in [2.05, 4.69) is 32.2 Å². The zero-order valence-corrected chi connectivity index (χ0v) is 24.3. The number of carbonyl (C=O) groups excluding carboxylic acids is 3. The Bertz CT molecular complexity index is 1010. The van der Waals surface area contributed by atoms with Crippen LogP contribution in [0.5, 0.6) is 0 Å². The third-order valence-electron chi connectivity index (χ3n) is 8.84. The van der Waals surface area contributed by atoms with Crippen LogP contribution in [0.1, 0.15) is 57.4 Å². The summed E-state index contributed by atoms with van der Waals surface area (Å²) in [4.78, 5) is 53.0. The highest BCUT2D eigenvalue weighted by molar-refractivity contribution is 7.99. The van der Waals surface area contributed by atoms with E-state index in [0.717, 1.165) is 38.0 Å². The Labute approximate surface area is 241 Å². The molecule has 4 fully saturated rings. The molecule has 0 aliphatic carbocycles. The summed E-state index contributed by atoms with van der Waals surface area (Å²) in [6.45, 7) is 4.44. The van der Waals surface area contributed by atoms with Gasteiger partial charge in [-0.15, -0.1) is 0 Å². The Balaban J connectivity index is 0.00000118. The van der Waals surface area contributed by atoms with E-state index in [-0.39, 0.29) is 30.2 Å². The van der Waals surface area contributed by atoms with Crippen molar-refractivity contribution in [3.63, 3.8) is 0 Å². The summed E-state index contributed by atoms with van der Waals surface area (Å²) in [6.07, 6.45) is 6.88. The molecule has 0 radical (unpaired) electrons. The third-order valence-corrected chi connectivity index (χ3v) is 9.89. The zero-order valence-electron chi connectivity index (χ0n) is 23.5. The molecule has 5 atom stereocenters. The van der Waals surface area contributed by atoms with Crippen LogP contribution >= 0.6 is 11.8 Å². The summed E-state index contributed by atoms with van der Waals surface area (Å²) in [5, 5.41) is 12.8. The number of likely N-dealkylation sites (tertiary alicyclic amines) is 1. The molecule has 0 aromatic heterocycles. The molecule has 10 heteroatoms. The van der Waals surface area contributed by atoms with Crippen LogP contribution in [-0.2, 0) is 25.6 Å². The zero-order chi connectivity index (χ0) is 28.5. The molecule has 40 heavy (non-hydrogen) atoms. The van der Waals surface area contributed by atoms with E-state index in [1.54, 1.807) is 6.92 Å². The molecule has 0 spiro atoms. The predicted octanol–water partition coefficient (Wildman–Crippen LogP) is 2.54. The Morgan fingerprint density at radius 2 is 1.75 bits per heavy atom. The van der Waals surface area contributed by atoms with Gasteiger partial charge >= 0.3 is 0 Å². The first-order chi connectivity index (χ1) is 19.4. The number of benzene rings is 1. The van der Waals surface area contributed by atoms with E-state index in [9.17, 15) is 14.4 Å². The molecule has 4 aliphatic heterocycles. The van der Waals surface area contributed by atoms with Crippen LogP contribution < -0.4 is 10.6 Å². The second-order valence-electron chi connectivity index (χ2n) is 11.6. The number of thioether (sulfide) groups is 1. The minimum absolute atomic E-state index is 0.0317. The van der Waals surface area contributed by atoms with Gasteiger partial charge in [-0.2, -0.15) is 11.8 Å². The fraction of sp³-hybridized carbons (Fsp3) is 0.667. The van der Waals surface area contributed by atoms with Gasteiger partial charge in [0.1, 0.15) is 12.1 Å². The van der Waals surface area contributed by atoms with Gasteiger partial charge in [0.15, 0.2) is 0 Å². The average molecular weight is 573 g/mol. The molecule has 1 aromatic carbocycles. The van der Waals surface area contributed by atoms with Crippen molar-refractivity contribution in [2.45, 2.75) is 82.5 Å². The Morgan fingerprint density at radius 3 is 2.48 bits per heavy atom. The van der Waals surface area contributed by atoms with Crippen molar-refractivity contribution >= 4 is 36.0 Å². The molecule has 0 saturated carbocycles. The van der Waals surface area contributed by atoms with Crippen LogP contribution in [0, 0.1) is 11.8 Å². The second kappa shape index (κ2) is 14.9. The number of fused-ring (bicyclic) bond motifs is 4. The number of hydrogen-bond donors (Lipinski definition) is 3. The summed E-state index contributed by atoms with van der Waals surface area (Å²) in [6, 6.07) is 9.57. The molecule has 220 valence electrons. The molecular weight excluding hydrogens is 528 g/mol. The van der Waals surface area contributed by atoms with Crippen LogP contribution in [0.4, 0.5) is 0 Å². The van der Waals surface area contributed by atoms with E-state index in [0.29, 0.717) is 37.1 Å². The first kappa shape index (κ1) is 30.4. The van der Waals surface area contributed by atoms with Crippen molar-refractivity contribution in [3.8, 4) is 0 Å². The van der Waals surface area contributed by atoms with Crippen LogP contribution in [0.15, 0.2) is 30.3 Å². The number of aryl methyl sites for hydroxylation is 1. The Morgan fingerprint density at radius 1 is 1.02 bits per heavy atom. The summed E-state index contributed by atoms with van der Waals surface area (Å²) < 4.78 is 0. The van der Waals surface area contributed by atoms with Crippen molar-refractivity contribution in [2.75, 3.05) is 31.1 Å². The highest BCUT2D eigenvalue weighted by Gasteiger charge is 2.45. The maximum absolute atomic E-state index is 13.7. The summed E-state index contributed by atoms with van der Waals surface area (Å²) in [5.41, 5.74) is 1.13. The van der Waals surface area contributed by atoms with Gasteiger partial charge in [-0.05, 0) is 80.8 Å². The number of nitrogens with one attached hydrogen (secondary N) is 2. The largest absolute Gasteiger partial charge is 0.483 e. The molecular formula is C30H44N4O5S. The number of nitrogens with zero attached hydrogens (tertiary/aromatic N) is 2. The number of amides is 3. The minimum atomic E-state index is -0.638. The molecule has 9 nitrogen and oxygen atoms in total. The Hall–Kier alpha value is -2.59. The van der Waals surface area contributed by atoms with E-state index in [1.165, 1.54) is 30.8 Å². The molecule has 4 saturated heterocycles. The Kier molecular flexibility index (Phi) is 11.3. The lowest BCUT2D eigenvalue weighted by atomic mass is 9.76. The molecule has 4 aliphatic rings. The summed E-state index contributed by atoms with van der Waals surface area (Å²) in [7, 11) is 0. The molecule has 2 bridgehead atoms. The molecule has 3 amide bonds. The van der Waals surface area contributed by atoms with Crippen molar-refractivity contribution in [3.05, 3.63) is 35.9 Å². The van der Waals surface area contributed by atoms with Crippen LogP contribution in [0.3, 0.4) is 0 Å². The molecule has 1 unspecified atom stereocenters. The molecule has 1 aromatic rings. The fourth-order valence-corrected chi connectivity index (χ4v) is 8.03. The van der Waals surface area contributed by atoms with Crippen molar-refractivity contribution < 1.29 is 24.3 Å². The van der Waals surface area contributed by atoms with Gasteiger partial charge in [0.05, 0.1) is 0 Å². The van der Waals surface area contributed by atoms with Crippen molar-refractivity contribution in [2.24, 2.45) is 11.8 Å². The van der Waals surface area contributed by atoms with Gasteiger partial charge in [-0.3, -0.25) is 24.1 Å². The number of carbonyl (C=O) groups is 4. The minimum Gasteiger partial charge on any atom is -0.483 e. The number of piperidine rings is 2. The van der Waals surface area contributed by atoms with Crippen molar-refractivity contribution in [1.29, 1.82) is 0 Å². The summed E-state index contributed by atoms with van der Waals surface area (Å²) in [5.74, 6) is 3.14. The fourth-order valence-electron chi connectivity index (χ4n) is 6.94. The molecule has 4 heterocycles. The predicted molar refractivity (Wildman–Crippen MR) is 156 cm³/mol. The molecule has 3 N–H and O–H groups in total. The quantitative estimate of drug-likeness (QED) is 0.475. The van der Waals surface area contributed by atoms with Gasteiger partial charge in [0, 0.05) is 38.1 Å². The lowest BCUT2D eigenvalue weighted by molar-refractivity contribution is -0.146. The lowest BCUT2D eigenvalue weighted by Crippen LogP contribution is -2.63. The monoisotopic (exact) mass is 572 g/mol. The van der Waals surface area contributed by atoms with Gasteiger partial charge in [0.25, 0.3) is 6.47 Å². The first-order valence-electron chi connectivity index (χ1n) is 14.7. The highest BCUT2D eigenvalue weighted by Crippen LogP contribution is 2.38. The average Bonchev–Trinajstić information content (AvgIpc) is 2.96. The third kappa shape index (κ3) is 8.00. The van der Waals surface area contributed by atoms with E-state index in [4.69, 9.17) is 9.90 Å². The first-order valence-corrected chi connectivity index (χ1v) is 15.9. The van der Waals surface area contributed by atoms with Gasteiger partial charge in [0.2, 0.25) is 17.7 Å². The highest BCUT2D eigenvalue weighted by atomic mass is 32.2. The normalized spacial score (nSPS) is 30.4. The maximum atomic E-state index is 13.7. The van der Waals surface area contributed by atoms with Crippen LogP contribution in [-0.4, -0.2) is 94.4 Å². The van der Waals surface area contributed by atoms with Crippen LogP contribution in [0.25, 0.3) is 0 Å². The topological polar surface area (TPSA) is 119 Å². The number of rotatable bonds is 4. The van der Waals surface area contributed by atoms with Gasteiger partial charge < -0.3 is 20.6 Å². The van der Waals surface area contributed by atoms with E-state index >= 15 is 0 Å². The standard InChI is InChI=1S/C29H42N4O3S.CH2O2/c1-20-29(36)33-18-22-16-23(19-32(17-22)24-12-14-37-15-13-24)26(33)8-5-9-27(34)31-25(28(35)30-20)11-10-21-6-3-2-4-7-21;2-1-3/h2-4,6-7,20,22-26H,5,8-19H2,1H3,(H,30,35)(H,31,34);1H,(H,2,3)/t20-,22+,23-,25?,26+;/m1./s1. The van der Waals surface area contributed by atoms with E-state index < -0.39 is 12.1 Å². The maximum Gasteiger partial charge on any atom is 0.290 e.